The SMILES string of the molecule is CO[C@H]1C(O)C(O)[C@H](O[C@@H]2C(NC(C)=O)[C@H](C)OC(CO)[C@H]2O)O[C@H]1[C-]=O.[Y]. The predicted octanol–water partition coefficient (Wildman–Crippen LogP) is -3.41. The second-order valence-electron chi connectivity index (χ2n) is 6.60. The number of nitrogens with one attached hydrogen (secondary N) is 1. The first-order valence-electron chi connectivity index (χ1n) is 8.54. The van der Waals surface area contributed by atoms with Crippen LogP contribution in [0.5, 0.6) is 0 Å². The number of aliphatic hydroxyl groups is 4. The van der Waals surface area contributed by atoms with E-state index in [4.69, 9.17) is 18.9 Å². The number of hydrogen-bond acceptors (Lipinski definition) is 10. The van der Waals surface area contributed by atoms with Crippen molar-refractivity contribution >= 4 is 12.2 Å². The van der Waals surface area contributed by atoms with Gasteiger partial charge in [0.15, 0.2) is 6.29 Å². The largest absolute Gasteiger partial charge is 0.539 e. The fraction of sp³-hybridized carbons (Fsp3) is 0.875. The molecule has 0 bridgehead atoms. The molecule has 2 heterocycles. The second kappa shape index (κ2) is 11.4. The van der Waals surface area contributed by atoms with Crippen LogP contribution in [0.15, 0.2) is 0 Å². The Morgan fingerprint density at radius 1 is 1.14 bits per heavy atom. The van der Waals surface area contributed by atoms with Crippen molar-refractivity contribution in [1.29, 1.82) is 0 Å². The van der Waals surface area contributed by atoms with Gasteiger partial charge in [0.1, 0.15) is 30.5 Å². The van der Waals surface area contributed by atoms with E-state index in [0.29, 0.717) is 0 Å². The molecule has 28 heavy (non-hydrogen) atoms. The summed E-state index contributed by atoms with van der Waals surface area (Å²) in [5, 5.41) is 42.9. The molecule has 0 aromatic carbocycles. The molecule has 0 aliphatic carbocycles. The van der Waals surface area contributed by atoms with Crippen molar-refractivity contribution in [3.63, 3.8) is 0 Å². The molecule has 4 unspecified atom stereocenters. The number of amides is 1. The van der Waals surface area contributed by atoms with Crippen molar-refractivity contribution in [2.75, 3.05) is 13.7 Å². The standard InChI is InChI=1S/C16H26NO10.Y/c1-6-10(17-7(2)20)15(11(21)8(4-18)25-6)27-16-13(23)12(22)14(24-3)9(5-19)26-16;/h6,8-16,18,21-23H,4H2,1-3H3,(H,17,20);/q-1;/t6-,8?,9-,10?,11+,12?,13?,14+,15+,16-;/m0./s1. The molecule has 10 atom stereocenters. The van der Waals surface area contributed by atoms with Crippen molar-refractivity contribution in [3.05, 3.63) is 0 Å². The molecule has 5 N–H and O–H groups in total. The minimum absolute atomic E-state index is 0. The van der Waals surface area contributed by atoms with Crippen LogP contribution in [0.1, 0.15) is 13.8 Å². The Hall–Kier alpha value is -0.0761. The van der Waals surface area contributed by atoms with Crippen LogP contribution in [0.3, 0.4) is 0 Å². The van der Waals surface area contributed by atoms with E-state index in [-0.39, 0.29) is 32.7 Å². The maximum Gasteiger partial charge on any atom is 0.217 e. The van der Waals surface area contributed by atoms with Crippen LogP contribution < -0.4 is 5.32 Å². The van der Waals surface area contributed by atoms with Gasteiger partial charge in [-0.05, 0) is 13.0 Å². The molecule has 1 amide bonds. The first kappa shape index (κ1) is 26.0. The van der Waals surface area contributed by atoms with E-state index in [0.717, 1.165) is 0 Å². The molecular weight excluding hydrogens is 455 g/mol. The summed E-state index contributed by atoms with van der Waals surface area (Å²) in [5.41, 5.74) is 0. The van der Waals surface area contributed by atoms with Gasteiger partial charge >= 0.3 is 0 Å². The van der Waals surface area contributed by atoms with E-state index in [9.17, 15) is 30.0 Å². The third-order valence-corrected chi connectivity index (χ3v) is 4.74. The summed E-state index contributed by atoms with van der Waals surface area (Å²) in [6.07, 6.45) is -9.73. The summed E-state index contributed by atoms with van der Waals surface area (Å²) in [6, 6.07) is -0.841. The Morgan fingerprint density at radius 3 is 2.29 bits per heavy atom. The molecule has 0 aromatic rings. The van der Waals surface area contributed by atoms with E-state index in [2.05, 4.69) is 5.32 Å². The molecule has 0 spiro atoms. The monoisotopic (exact) mass is 481 g/mol. The Morgan fingerprint density at radius 2 is 1.79 bits per heavy atom. The molecule has 2 rings (SSSR count). The quantitative estimate of drug-likeness (QED) is 0.242. The molecule has 2 aliphatic heterocycles. The number of carbonyl (C=O) groups is 1. The zero-order valence-electron chi connectivity index (χ0n) is 15.8. The third kappa shape index (κ3) is 5.54. The van der Waals surface area contributed by atoms with E-state index >= 15 is 0 Å². The summed E-state index contributed by atoms with van der Waals surface area (Å²) in [4.78, 5) is 22.6. The first-order valence-corrected chi connectivity index (χ1v) is 8.54. The van der Waals surface area contributed by atoms with Crippen molar-refractivity contribution in [2.45, 2.75) is 75.0 Å². The van der Waals surface area contributed by atoms with Crippen LogP contribution in [0, 0.1) is 0 Å². The second-order valence-corrected chi connectivity index (χ2v) is 6.60. The van der Waals surface area contributed by atoms with Gasteiger partial charge in [-0.2, -0.15) is 0 Å². The van der Waals surface area contributed by atoms with Crippen molar-refractivity contribution < 1.29 is 81.7 Å². The van der Waals surface area contributed by atoms with Crippen LogP contribution >= 0.6 is 0 Å². The third-order valence-electron chi connectivity index (χ3n) is 4.74. The topological polar surface area (TPSA) is 164 Å². The Bertz CT molecular complexity index is 526. The van der Waals surface area contributed by atoms with Crippen LogP contribution in [0.25, 0.3) is 0 Å². The van der Waals surface area contributed by atoms with Gasteiger partial charge in [-0.3, -0.25) is 4.79 Å². The molecule has 0 saturated carbocycles. The molecule has 12 heteroatoms. The zero-order chi connectivity index (χ0) is 20.3. The molecule has 2 aliphatic rings. The minimum atomic E-state index is -1.60. The van der Waals surface area contributed by atoms with Crippen LogP contribution in [-0.4, -0.2) is 107 Å². The van der Waals surface area contributed by atoms with Crippen molar-refractivity contribution in [1.82, 2.24) is 5.32 Å². The van der Waals surface area contributed by atoms with E-state index in [1.807, 2.05) is 0 Å². The summed E-state index contributed by atoms with van der Waals surface area (Å²) < 4.78 is 21.4. The number of hydrogen-bond donors (Lipinski definition) is 5. The average molecular weight is 481 g/mol. The summed E-state index contributed by atoms with van der Waals surface area (Å²) in [5.74, 6) is -0.414. The predicted molar refractivity (Wildman–Crippen MR) is 87.1 cm³/mol. The molecule has 2 saturated heterocycles. The number of ether oxygens (including phenoxy) is 4. The molecule has 2 fully saturated rings. The first-order chi connectivity index (χ1) is 12.7. The van der Waals surface area contributed by atoms with Crippen molar-refractivity contribution in [2.24, 2.45) is 0 Å². The minimum Gasteiger partial charge on any atom is -0.539 e. The van der Waals surface area contributed by atoms with E-state index in [1.165, 1.54) is 14.0 Å². The van der Waals surface area contributed by atoms with E-state index < -0.39 is 73.7 Å². The molecule has 159 valence electrons. The smallest absolute Gasteiger partial charge is 0.217 e. The van der Waals surface area contributed by atoms with Gasteiger partial charge in [0.25, 0.3) is 0 Å². The summed E-state index contributed by atoms with van der Waals surface area (Å²) >= 11 is 0. The van der Waals surface area contributed by atoms with Gasteiger partial charge in [-0.25, -0.2) is 6.29 Å². The van der Waals surface area contributed by atoms with Gasteiger partial charge in [0.05, 0.1) is 24.9 Å². The number of aliphatic hydroxyl groups excluding tert-OH is 4. The summed E-state index contributed by atoms with van der Waals surface area (Å²) in [7, 11) is 1.23. The van der Waals surface area contributed by atoms with Gasteiger partial charge in [0, 0.05) is 46.7 Å². The fourth-order valence-electron chi connectivity index (χ4n) is 3.34. The van der Waals surface area contributed by atoms with E-state index in [1.54, 1.807) is 13.2 Å². The molecule has 1 radical (unpaired) electrons. The van der Waals surface area contributed by atoms with Crippen molar-refractivity contribution in [3.8, 4) is 0 Å². The van der Waals surface area contributed by atoms with Crippen LogP contribution in [0.2, 0.25) is 0 Å². The van der Waals surface area contributed by atoms with Gasteiger partial charge in [-0.1, -0.05) is 0 Å². The number of carbonyl (C=O) groups excluding carboxylic acids is 2. The van der Waals surface area contributed by atoms with Gasteiger partial charge in [-0.15, -0.1) is 0 Å². The Balaban J connectivity index is 0.00000392. The molecule has 11 nitrogen and oxygen atoms in total. The number of methoxy groups -OCH3 is 1. The Labute approximate surface area is 187 Å². The summed E-state index contributed by atoms with van der Waals surface area (Å²) in [6.45, 7) is 2.37. The van der Waals surface area contributed by atoms with Crippen LogP contribution in [0.4, 0.5) is 0 Å². The Kier molecular flexibility index (Phi) is 10.5. The van der Waals surface area contributed by atoms with Gasteiger partial charge in [0.2, 0.25) is 5.91 Å². The zero-order valence-corrected chi connectivity index (χ0v) is 18.6. The van der Waals surface area contributed by atoms with Gasteiger partial charge < -0.3 is 49.5 Å². The maximum absolute atomic E-state index is 11.5. The fourth-order valence-corrected chi connectivity index (χ4v) is 3.34. The molecular formula is C16H26NO10Y-. The van der Waals surface area contributed by atoms with Crippen LogP contribution in [-0.2, 0) is 61.2 Å². The molecule has 0 aromatic heterocycles. The average Bonchev–Trinajstić information content (AvgIpc) is 2.63. The maximum atomic E-state index is 11.5. The normalized spacial score (nSPS) is 43.7. The number of rotatable bonds is 6.